The molecule has 2 amide bonds. The van der Waals surface area contributed by atoms with E-state index in [4.69, 9.17) is 0 Å². The van der Waals surface area contributed by atoms with Gasteiger partial charge in [-0.3, -0.25) is 14.5 Å². The number of likely N-dealkylation sites (tertiary alicyclic amines) is 1. The molecule has 0 bridgehead atoms. The number of aryl methyl sites for hydroxylation is 1. The Balaban J connectivity index is 1.67. The smallest absolute Gasteiger partial charge is 0.262 e. The van der Waals surface area contributed by atoms with E-state index >= 15 is 0 Å². The summed E-state index contributed by atoms with van der Waals surface area (Å²) in [5.41, 5.74) is 9.80. The van der Waals surface area contributed by atoms with E-state index < -0.39 is 0 Å². The fourth-order valence-corrected chi connectivity index (χ4v) is 7.39. The normalized spacial score (nSPS) is 28.2. The topological polar surface area (TPSA) is 37.4 Å². The molecule has 1 saturated heterocycles. The van der Waals surface area contributed by atoms with Crippen LogP contribution in [0.5, 0.6) is 0 Å². The third-order valence-corrected chi connectivity index (χ3v) is 10.2. The highest BCUT2D eigenvalue weighted by molar-refractivity contribution is 6.26. The molecule has 6 rings (SSSR count). The number of fused-ring (bicyclic) bond motifs is 1. The Kier molecular flexibility index (Phi) is 5.30. The van der Waals surface area contributed by atoms with E-state index in [9.17, 15) is 9.59 Å². The van der Waals surface area contributed by atoms with Gasteiger partial charge < -0.3 is 0 Å². The van der Waals surface area contributed by atoms with Crippen molar-refractivity contribution in [2.24, 2.45) is 21.7 Å². The standard InChI is InChI=1S/C36H41NO2/c1-21-10-12-22(13-11-21)20-37-31(38)29-27-18-25(33(2,3)4)16-23-14-15-24-17-26(34(5,6)7)19-28(30(29)32(37)39)36(24,9)35(23,27)8/h10-13,16-19H,14-15,20H2,1-9H3/t35-,36-/m1/s1. The van der Waals surface area contributed by atoms with Gasteiger partial charge in [0.2, 0.25) is 0 Å². The van der Waals surface area contributed by atoms with Crippen molar-refractivity contribution in [1.29, 1.82) is 0 Å². The quantitative estimate of drug-likeness (QED) is 0.370. The minimum absolute atomic E-state index is 0.0673. The summed E-state index contributed by atoms with van der Waals surface area (Å²) in [6, 6.07) is 8.13. The van der Waals surface area contributed by atoms with Crippen LogP contribution in [0.3, 0.4) is 0 Å². The minimum Gasteiger partial charge on any atom is -0.270 e. The average molecular weight is 520 g/mol. The van der Waals surface area contributed by atoms with E-state index in [0.29, 0.717) is 11.1 Å². The molecule has 1 saturated carbocycles. The average Bonchev–Trinajstić information content (AvgIpc) is 3.07. The summed E-state index contributed by atoms with van der Waals surface area (Å²) in [5, 5.41) is 0. The molecule has 0 aromatic heterocycles. The molecular formula is C36H41NO2. The number of hydrogen-bond donors (Lipinski definition) is 0. The number of benzene rings is 1. The van der Waals surface area contributed by atoms with Crippen molar-refractivity contribution in [2.45, 2.75) is 81.7 Å². The molecule has 0 N–H and O–H groups in total. The minimum atomic E-state index is -0.379. The Bertz CT molecular complexity index is 1440. The molecular weight excluding hydrogens is 478 g/mol. The Morgan fingerprint density at radius 2 is 1.10 bits per heavy atom. The molecule has 202 valence electrons. The van der Waals surface area contributed by atoms with Crippen LogP contribution in [-0.4, -0.2) is 16.7 Å². The molecule has 3 heteroatoms. The maximum absolute atomic E-state index is 14.4. The van der Waals surface area contributed by atoms with E-state index in [1.165, 1.54) is 27.2 Å². The fraction of sp³-hybridized carbons (Fsp3) is 0.444. The van der Waals surface area contributed by atoms with Gasteiger partial charge in [-0.05, 0) is 58.5 Å². The Morgan fingerprint density at radius 3 is 1.49 bits per heavy atom. The molecule has 0 unspecified atom stereocenters. The molecule has 2 atom stereocenters. The lowest BCUT2D eigenvalue weighted by molar-refractivity contribution is -0.137. The Morgan fingerprint density at radius 1 is 0.692 bits per heavy atom. The summed E-state index contributed by atoms with van der Waals surface area (Å²) in [5.74, 6) is -0.306. The number of imide groups is 1. The van der Waals surface area contributed by atoms with Gasteiger partial charge in [0.25, 0.3) is 11.8 Å². The number of allylic oxidation sites excluding steroid dienone is 10. The van der Waals surface area contributed by atoms with Crippen molar-refractivity contribution >= 4 is 11.8 Å². The third kappa shape index (κ3) is 3.41. The van der Waals surface area contributed by atoms with Gasteiger partial charge in [0.1, 0.15) is 0 Å². The second-order valence-corrected chi connectivity index (χ2v) is 14.5. The number of nitrogens with zero attached hydrogens (tertiary/aromatic N) is 1. The van der Waals surface area contributed by atoms with Crippen LogP contribution in [0.4, 0.5) is 0 Å². The van der Waals surface area contributed by atoms with Crippen LogP contribution in [0.2, 0.25) is 0 Å². The predicted octanol–water partition coefficient (Wildman–Crippen LogP) is 8.10. The van der Waals surface area contributed by atoms with E-state index in [1.54, 1.807) is 0 Å². The largest absolute Gasteiger partial charge is 0.270 e. The summed E-state index contributed by atoms with van der Waals surface area (Å²) in [7, 11) is 0. The van der Waals surface area contributed by atoms with Gasteiger partial charge in [-0.2, -0.15) is 0 Å². The van der Waals surface area contributed by atoms with Crippen molar-refractivity contribution < 1.29 is 9.59 Å². The number of hydrogen-bond acceptors (Lipinski definition) is 2. The molecule has 1 aromatic rings. The van der Waals surface area contributed by atoms with Gasteiger partial charge in [-0.15, -0.1) is 0 Å². The van der Waals surface area contributed by atoms with Crippen LogP contribution in [0.1, 0.15) is 79.4 Å². The maximum Gasteiger partial charge on any atom is 0.262 e. The highest BCUT2D eigenvalue weighted by atomic mass is 16.2. The molecule has 1 aromatic carbocycles. The molecule has 0 radical (unpaired) electrons. The lowest BCUT2D eigenvalue weighted by Crippen LogP contribution is -2.51. The summed E-state index contributed by atoms with van der Waals surface area (Å²) in [4.78, 5) is 30.2. The van der Waals surface area contributed by atoms with Gasteiger partial charge in [0.15, 0.2) is 0 Å². The van der Waals surface area contributed by atoms with Gasteiger partial charge in [0, 0.05) is 10.8 Å². The first kappa shape index (κ1) is 26.0. The van der Waals surface area contributed by atoms with Crippen molar-refractivity contribution in [3.05, 3.63) is 104 Å². The zero-order valence-electron chi connectivity index (χ0n) is 25.0. The molecule has 2 fully saturated rings. The molecule has 4 aliphatic carbocycles. The first-order chi connectivity index (χ1) is 18.1. The van der Waals surface area contributed by atoms with Crippen molar-refractivity contribution in [1.82, 2.24) is 4.90 Å². The van der Waals surface area contributed by atoms with Crippen LogP contribution in [0, 0.1) is 28.6 Å². The molecule has 0 spiro atoms. The number of carbonyl (C=O) groups is 2. The zero-order chi connectivity index (χ0) is 28.3. The second kappa shape index (κ2) is 7.93. The zero-order valence-corrected chi connectivity index (χ0v) is 25.0. The van der Waals surface area contributed by atoms with Gasteiger partial charge >= 0.3 is 0 Å². The monoisotopic (exact) mass is 519 g/mol. The molecule has 1 heterocycles. The fourth-order valence-electron chi connectivity index (χ4n) is 7.39. The Hall–Kier alpha value is -3.20. The van der Waals surface area contributed by atoms with Crippen LogP contribution in [0.15, 0.2) is 93.2 Å². The number of amides is 2. The first-order valence-corrected chi connectivity index (χ1v) is 14.4. The SMILES string of the molecule is Cc1ccc(CN2C(=O)C3=C4C=C(C(C)(C)C)C=C5CCC6=CC(C(C)(C)C)=CC(=C3C2=O)[C@]6(C)[C@]54C)cc1. The second-order valence-electron chi connectivity index (χ2n) is 14.5. The third-order valence-electron chi connectivity index (χ3n) is 10.2. The molecule has 5 aliphatic rings. The molecule has 3 nitrogen and oxygen atoms in total. The summed E-state index contributed by atoms with van der Waals surface area (Å²) >= 11 is 0. The lowest BCUT2D eigenvalue weighted by atomic mass is 9.42. The highest BCUT2D eigenvalue weighted by Crippen LogP contribution is 2.70. The first-order valence-electron chi connectivity index (χ1n) is 14.4. The number of carbonyl (C=O) groups excluding carboxylic acids is 2. The van der Waals surface area contributed by atoms with Crippen molar-refractivity contribution in [2.75, 3.05) is 0 Å². The summed E-state index contributed by atoms with van der Waals surface area (Å²) < 4.78 is 0. The van der Waals surface area contributed by atoms with Crippen molar-refractivity contribution in [3.63, 3.8) is 0 Å². The van der Waals surface area contributed by atoms with E-state index in [0.717, 1.165) is 35.1 Å². The van der Waals surface area contributed by atoms with Crippen LogP contribution in [-0.2, 0) is 16.1 Å². The van der Waals surface area contributed by atoms with Gasteiger partial charge in [-0.1, -0.05) is 121 Å². The van der Waals surface area contributed by atoms with E-state index in [1.807, 2.05) is 31.2 Å². The van der Waals surface area contributed by atoms with Gasteiger partial charge in [-0.25, -0.2) is 0 Å². The maximum atomic E-state index is 14.4. The molecule has 1 aliphatic heterocycles. The number of rotatable bonds is 2. The van der Waals surface area contributed by atoms with Crippen LogP contribution in [0.25, 0.3) is 0 Å². The van der Waals surface area contributed by atoms with Gasteiger partial charge in [0.05, 0.1) is 17.7 Å². The van der Waals surface area contributed by atoms with Crippen molar-refractivity contribution in [3.8, 4) is 0 Å². The Labute approximate surface area is 233 Å². The van der Waals surface area contributed by atoms with E-state index in [2.05, 4.69) is 79.7 Å². The summed E-state index contributed by atoms with van der Waals surface area (Å²) in [6.45, 7) is 20.4. The molecule has 39 heavy (non-hydrogen) atoms. The summed E-state index contributed by atoms with van der Waals surface area (Å²) in [6.07, 6.45) is 11.3. The lowest BCUT2D eigenvalue weighted by Gasteiger charge is -2.60. The predicted molar refractivity (Wildman–Crippen MR) is 157 cm³/mol. The van der Waals surface area contributed by atoms with Crippen LogP contribution < -0.4 is 0 Å². The van der Waals surface area contributed by atoms with E-state index in [-0.39, 0.29) is 40.0 Å². The highest BCUT2D eigenvalue weighted by Gasteiger charge is 2.63. The van der Waals surface area contributed by atoms with Crippen LogP contribution >= 0.6 is 0 Å².